The first-order valence-corrected chi connectivity index (χ1v) is 5.27. The normalized spacial score (nSPS) is 20.7. The number of H-pyrrole nitrogens is 1. The molecule has 0 radical (unpaired) electrons. The van der Waals surface area contributed by atoms with Gasteiger partial charge in [-0.2, -0.15) is 0 Å². The van der Waals surface area contributed by atoms with E-state index in [1.54, 1.807) is 0 Å². The number of aromatic nitrogens is 2. The van der Waals surface area contributed by atoms with Crippen LogP contribution >= 0.6 is 11.6 Å². The Balaban J connectivity index is 2.24. The first-order valence-electron chi connectivity index (χ1n) is 4.89. The Kier molecular flexibility index (Phi) is 2.93. The van der Waals surface area contributed by atoms with Crippen molar-refractivity contribution in [3.05, 3.63) is 32.1 Å². The van der Waals surface area contributed by atoms with Gasteiger partial charge in [0.05, 0.1) is 0 Å². The fraction of sp³-hybridized carbons (Fsp3) is 0.556. The molecular weight excluding hydrogens is 218 g/mol. The topological polar surface area (TPSA) is 66.9 Å². The van der Waals surface area contributed by atoms with Crippen LogP contribution in [0.3, 0.4) is 0 Å². The fourth-order valence-corrected chi connectivity index (χ4v) is 1.93. The van der Waals surface area contributed by atoms with Gasteiger partial charge in [-0.05, 0) is 19.4 Å². The molecule has 0 saturated carbocycles. The summed E-state index contributed by atoms with van der Waals surface area (Å²) in [6.07, 6.45) is 3.56. The van der Waals surface area contributed by atoms with E-state index in [0.717, 1.165) is 19.4 Å². The highest BCUT2D eigenvalue weighted by atomic mass is 35.5. The molecule has 0 spiro atoms. The molecule has 5 nitrogen and oxygen atoms in total. The van der Waals surface area contributed by atoms with E-state index >= 15 is 0 Å². The summed E-state index contributed by atoms with van der Waals surface area (Å²) in [6, 6.07) is 0.296. The number of halogens is 1. The van der Waals surface area contributed by atoms with E-state index in [1.165, 1.54) is 10.8 Å². The van der Waals surface area contributed by atoms with Gasteiger partial charge in [-0.1, -0.05) is 11.6 Å². The molecule has 1 unspecified atom stereocenters. The van der Waals surface area contributed by atoms with Gasteiger partial charge in [-0.15, -0.1) is 0 Å². The molecule has 1 aromatic rings. The molecule has 0 aliphatic carbocycles. The zero-order valence-electron chi connectivity index (χ0n) is 8.12. The average molecular weight is 230 g/mol. The van der Waals surface area contributed by atoms with Gasteiger partial charge >= 0.3 is 5.69 Å². The van der Waals surface area contributed by atoms with Crippen LogP contribution in [-0.2, 0) is 6.54 Å². The molecule has 0 amide bonds. The summed E-state index contributed by atoms with van der Waals surface area (Å²) < 4.78 is 1.44. The second-order valence-electron chi connectivity index (χ2n) is 3.68. The van der Waals surface area contributed by atoms with Gasteiger partial charge in [0, 0.05) is 18.8 Å². The maximum Gasteiger partial charge on any atom is 0.328 e. The number of aromatic amines is 1. The van der Waals surface area contributed by atoms with Crippen molar-refractivity contribution in [3.8, 4) is 0 Å². The summed E-state index contributed by atoms with van der Waals surface area (Å²) in [6.45, 7) is 1.53. The summed E-state index contributed by atoms with van der Waals surface area (Å²) in [5, 5.41) is 3.32. The van der Waals surface area contributed by atoms with E-state index in [4.69, 9.17) is 11.6 Å². The lowest BCUT2D eigenvalue weighted by Crippen LogP contribution is -2.36. The zero-order valence-corrected chi connectivity index (χ0v) is 8.88. The summed E-state index contributed by atoms with van der Waals surface area (Å²) in [5.41, 5.74) is -0.935. The number of rotatable bonds is 2. The fourth-order valence-electron chi connectivity index (χ4n) is 1.77. The van der Waals surface area contributed by atoms with Gasteiger partial charge in [0.2, 0.25) is 0 Å². The third-order valence-corrected chi connectivity index (χ3v) is 2.82. The molecule has 1 saturated heterocycles. The molecule has 6 heteroatoms. The van der Waals surface area contributed by atoms with Gasteiger partial charge in [-0.25, -0.2) is 4.79 Å². The molecule has 1 fully saturated rings. The van der Waals surface area contributed by atoms with E-state index in [1.807, 2.05) is 0 Å². The maximum absolute atomic E-state index is 11.4. The van der Waals surface area contributed by atoms with Crippen molar-refractivity contribution in [2.24, 2.45) is 0 Å². The lowest BCUT2D eigenvalue weighted by molar-refractivity contribution is 0.492. The minimum atomic E-state index is -0.530. The molecule has 1 aliphatic rings. The van der Waals surface area contributed by atoms with Crippen LogP contribution in [0.15, 0.2) is 15.8 Å². The van der Waals surface area contributed by atoms with Crippen LogP contribution in [0, 0.1) is 0 Å². The summed E-state index contributed by atoms with van der Waals surface area (Å²) in [4.78, 5) is 24.6. The van der Waals surface area contributed by atoms with Crippen molar-refractivity contribution in [3.63, 3.8) is 0 Å². The van der Waals surface area contributed by atoms with Gasteiger partial charge in [0.1, 0.15) is 5.02 Å². The number of hydrogen-bond donors (Lipinski definition) is 2. The second kappa shape index (κ2) is 4.20. The van der Waals surface area contributed by atoms with Crippen molar-refractivity contribution in [2.75, 3.05) is 6.54 Å². The van der Waals surface area contributed by atoms with Crippen LogP contribution in [0.5, 0.6) is 0 Å². The number of nitrogens with one attached hydrogen (secondary N) is 2. The van der Waals surface area contributed by atoms with Crippen LogP contribution in [0.25, 0.3) is 0 Å². The second-order valence-corrected chi connectivity index (χ2v) is 4.09. The highest BCUT2D eigenvalue weighted by Crippen LogP contribution is 2.06. The lowest BCUT2D eigenvalue weighted by atomic mass is 10.2. The van der Waals surface area contributed by atoms with Crippen molar-refractivity contribution in [2.45, 2.75) is 25.4 Å². The lowest BCUT2D eigenvalue weighted by Gasteiger charge is -2.11. The Bertz CT molecular complexity index is 459. The molecule has 82 valence electrons. The molecule has 2 heterocycles. The van der Waals surface area contributed by atoms with Crippen LogP contribution in [0.1, 0.15) is 12.8 Å². The summed E-state index contributed by atoms with van der Waals surface area (Å²) in [5.74, 6) is 0. The predicted molar refractivity (Wildman–Crippen MR) is 57.4 cm³/mol. The van der Waals surface area contributed by atoms with Gasteiger partial charge in [0.15, 0.2) is 0 Å². The van der Waals surface area contributed by atoms with Crippen LogP contribution in [0.4, 0.5) is 0 Å². The molecule has 1 atom stereocenters. The Morgan fingerprint density at radius 2 is 2.33 bits per heavy atom. The Labute approximate surface area is 91.1 Å². The average Bonchev–Trinajstić information content (AvgIpc) is 2.67. The number of nitrogens with zero attached hydrogens (tertiary/aromatic N) is 1. The molecule has 0 bridgehead atoms. The first-order chi connectivity index (χ1) is 7.16. The van der Waals surface area contributed by atoms with Crippen molar-refractivity contribution < 1.29 is 0 Å². The quantitative estimate of drug-likeness (QED) is 0.747. The van der Waals surface area contributed by atoms with E-state index in [2.05, 4.69) is 10.3 Å². The summed E-state index contributed by atoms with van der Waals surface area (Å²) in [7, 11) is 0. The highest BCUT2D eigenvalue weighted by Gasteiger charge is 2.15. The maximum atomic E-state index is 11.4. The Morgan fingerprint density at radius 1 is 1.53 bits per heavy atom. The van der Waals surface area contributed by atoms with Crippen molar-refractivity contribution in [1.29, 1.82) is 0 Å². The standard InChI is InChI=1S/C9H12ClN3O2/c10-7-5-13(9(15)12-8(7)14)4-6-2-1-3-11-6/h5-6,11H,1-4H2,(H,12,14,15). The van der Waals surface area contributed by atoms with Gasteiger partial charge < -0.3 is 5.32 Å². The molecule has 15 heavy (non-hydrogen) atoms. The Morgan fingerprint density at radius 3 is 3.00 bits per heavy atom. The first kappa shape index (κ1) is 10.4. The molecule has 1 aromatic heterocycles. The minimum Gasteiger partial charge on any atom is -0.312 e. The third-order valence-electron chi connectivity index (χ3n) is 2.55. The number of hydrogen-bond acceptors (Lipinski definition) is 3. The van der Waals surface area contributed by atoms with E-state index in [0.29, 0.717) is 12.6 Å². The monoisotopic (exact) mass is 229 g/mol. The third kappa shape index (κ3) is 2.30. The molecular formula is C9H12ClN3O2. The predicted octanol–water partition coefficient (Wildman–Crippen LogP) is -0.0580. The Hall–Kier alpha value is -1.07. The van der Waals surface area contributed by atoms with Crippen LogP contribution in [0.2, 0.25) is 5.02 Å². The molecule has 1 aliphatic heterocycles. The van der Waals surface area contributed by atoms with Gasteiger partial charge in [0.25, 0.3) is 5.56 Å². The van der Waals surface area contributed by atoms with Gasteiger partial charge in [-0.3, -0.25) is 14.3 Å². The SMILES string of the molecule is O=c1[nH]c(=O)n(CC2CCCN2)cc1Cl. The van der Waals surface area contributed by atoms with E-state index < -0.39 is 11.2 Å². The molecule has 2 N–H and O–H groups in total. The molecule has 2 rings (SSSR count). The van der Waals surface area contributed by atoms with Crippen LogP contribution < -0.4 is 16.6 Å². The van der Waals surface area contributed by atoms with Crippen LogP contribution in [-0.4, -0.2) is 22.1 Å². The van der Waals surface area contributed by atoms with Crippen molar-refractivity contribution >= 4 is 11.6 Å². The zero-order chi connectivity index (χ0) is 10.8. The van der Waals surface area contributed by atoms with Crippen molar-refractivity contribution in [1.82, 2.24) is 14.9 Å². The minimum absolute atomic E-state index is 0.0487. The van der Waals surface area contributed by atoms with E-state index in [-0.39, 0.29) is 5.02 Å². The molecule has 0 aromatic carbocycles. The van der Waals surface area contributed by atoms with E-state index in [9.17, 15) is 9.59 Å². The smallest absolute Gasteiger partial charge is 0.312 e. The summed E-state index contributed by atoms with van der Waals surface area (Å²) >= 11 is 5.65. The largest absolute Gasteiger partial charge is 0.328 e. The highest BCUT2D eigenvalue weighted by molar-refractivity contribution is 6.30.